The van der Waals surface area contributed by atoms with Crippen LogP contribution < -0.4 is 11.5 Å². The van der Waals surface area contributed by atoms with Crippen molar-refractivity contribution in [1.29, 1.82) is 5.41 Å². The normalized spacial score (nSPS) is 12.2. The van der Waals surface area contributed by atoms with Gasteiger partial charge in [-0.05, 0) is 31.0 Å². The molecule has 0 radical (unpaired) electrons. The number of esters is 1. The predicted molar refractivity (Wildman–Crippen MR) is 108 cm³/mol. The summed E-state index contributed by atoms with van der Waals surface area (Å²) in [5, 5.41) is 7.57. The molecule has 8 heteroatoms. The molecule has 0 unspecified atom stereocenters. The van der Waals surface area contributed by atoms with Crippen molar-refractivity contribution in [2.45, 2.75) is 40.5 Å². The van der Waals surface area contributed by atoms with Crippen LogP contribution in [0.15, 0.2) is 29.5 Å². The number of nitrogens with one attached hydrogen (secondary N) is 1. The van der Waals surface area contributed by atoms with Crippen LogP contribution in [0.25, 0.3) is 0 Å². The fourth-order valence-electron chi connectivity index (χ4n) is 2.34. The quantitative estimate of drug-likeness (QED) is 0.199. The predicted octanol–water partition coefficient (Wildman–Crippen LogP) is 2.78. The maximum absolute atomic E-state index is 12.4. The molecule has 28 heavy (non-hydrogen) atoms. The number of carbonyl (C=O) groups is 3. The number of hydrogen-bond donors (Lipinski definition) is 3. The van der Waals surface area contributed by atoms with Crippen LogP contribution in [0.1, 0.15) is 50.0 Å². The third-order valence-corrected chi connectivity index (χ3v) is 4.34. The van der Waals surface area contributed by atoms with Crippen LogP contribution in [-0.2, 0) is 20.7 Å². The van der Waals surface area contributed by atoms with Crippen LogP contribution in [0, 0.1) is 10.8 Å². The van der Waals surface area contributed by atoms with Crippen molar-refractivity contribution >= 4 is 35.0 Å². The molecule has 0 aliphatic carbocycles. The number of allylic oxidation sites excluding steroid dienone is 1. The minimum Gasteiger partial charge on any atom is -0.454 e. The smallest absolute Gasteiger partial charge is 0.344 e. The lowest BCUT2D eigenvalue weighted by atomic mass is 9.87. The lowest BCUT2D eigenvalue weighted by Gasteiger charge is -2.16. The molecule has 0 bridgehead atoms. The second kappa shape index (κ2) is 9.50. The first-order valence-electron chi connectivity index (χ1n) is 8.67. The summed E-state index contributed by atoms with van der Waals surface area (Å²) in [4.78, 5) is 36.5. The van der Waals surface area contributed by atoms with Crippen molar-refractivity contribution in [1.82, 2.24) is 0 Å². The summed E-state index contributed by atoms with van der Waals surface area (Å²) >= 11 is 6.09. The molecular weight excluding hydrogens is 382 g/mol. The van der Waals surface area contributed by atoms with Gasteiger partial charge >= 0.3 is 5.97 Å². The maximum Gasteiger partial charge on any atom is 0.344 e. The highest BCUT2D eigenvalue weighted by molar-refractivity contribution is 6.34. The molecule has 0 fully saturated rings. The summed E-state index contributed by atoms with van der Waals surface area (Å²) in [6.07, 6.45) is 0.813. The number of ketones is 2. The average molecular weight is 408 g/mol. The highest BCUT2D eigenvalue weighted by atomic mass is 35.5. The first kappa shape index (κ1) is 23.4. The minimum atomic E-state index is -0.955. The monoisotopic (exact) mass is 407 g/mol. The van der Waals surface area contributed by atoms with Gasteiger partial charge in [-0.1, -0.05) is 38.4 Å². The fourth-order valence-corrected chi connectivity index (χ4v) is 2.56. The van der Waals surface area contributed by atoms with E-state index in [2.05, 4.69) is 0 Å². The summed E-state index contributed by atoms with van der Waals surface area (Å²) in [5.41, 5.74) is 11.1. The van der Waals surface area contributed by atoms with E-state index in [1.165, 1.54) is 6.92 Å². The zero-order chi connectivity index (χ0) is 21.6. The van der Waals surface area contributed by atoms with E-state index in [9.17, 15) is 14.4 Å². The minimum absolute atomic E-state index is 0.0218. The van der Waals surface area contributed by atoms with E-state index in [0.717, 1.165) is 5.56 Å². The van der Waals surface area contributed by atoms with Crippen molar-refractivity contribution in [2.24, 2.45) is 16.9 Å². The lowest BCUT2D eigenvalue weighted by Crippen LogP contribution is -2.26. The van der Waals surface area contributed by atoms with Crippen molar-refractivity contribution in [3.05, 3.63) is 45.6 Å². The molecule has 0 atom stereocenters. The van der Waals surface area contributed by atoms with Gasteiger partial charge in [-0.3, -0.25) is 15.0 Å². The number of carbonyl (C=O) groups excluding carboxylic acids is 3. The number of Topliss-reactive ketones (excluding diaryl/α,β-unsaturated/α-hetero) is 2. The van der Waals surface area contributed by atoms with E-state index in [1.54, 1.807) is 18.2 Å². The van der Waals surface area contributed by atoms with Crippen LogP contribution in [0.2, 0.25) is 5.02 Å². The Morgan fingerprint density at radius 2 is 1.79 bits per heavy atom. The van der Waals surface area contributed by atoms with Gasteiger partial charge in [0, 0.05) is 23.1 Å². The van der Waals surface area contributed by atoms with Crippen LogP contribution in [0.3, 0.4) is 0 Å². The molecular formula is C20H26ClN3O4. The summed E-state index contributed by atoms with van der Waals surface area (Å²) in [6, 6.07) is 4.90. The number of benzene rings is 1. The Bertz CT molecular complexity index is 834. The molecule has 1 aromatic rings. The number of amidine groups is 1. The zero-order valence-electron chi connectivity index (χ0n) is 16.5. The Morgan fingerprint density at radius 1 is 1.18 bits per heavy atom. The van der Waals surface area contributed by atoms with Gasteiger partial charge in [-0.25, -0.2) is 4.79 Å². The van der Waals surface area contributed by atoms with Crippen LogP contribution in [0.4, 0.5) is 0 Å². The van der Waals surface area contributed by atoms with E-state index >= 15 is 0 Å². The Kier molecular flexibility index (Phi) is 7.93. The summed E-state index contributed by atoms with van der Waals surface area (Å²) in [5.74, 6) is -1.89. The molecule has 0 aromatic heterocycles. The zero-order valence-corrected chi connectivity index (χ0v) is 17.3. The molecule has 0 aliphatic heterocycles. The number of rotatable bonds is 8. The lowest BCUT2D eigenvalue weighted by molar-refractivity contribution is -0.137. The van der Waals surface area contributed by atoms with Crippen LogP contribution in [-0.4, -0.2) is 30.0 Å². The average Bonchev–Trinajstić information content (AvgIpc) is 2.57. The molecule has 7 nitrogen and oxygen atoms in total. The van der Waals surface area contributed by atoms with Gasteiger partial charge in [0.1, 0.15) is 17.2 Å². The Balaban J connectivity index is 2.86. The number of nitrogens with two attached hydrogens (primary N) is 2. The molecule has 0 amide bonds. The SMILES string of the molecule is CC(N)=C(C(=N)N)C(=O)OCC(=O)c1cc(CCC(=O)C(C)(C)C)ccc1Cl. The van der Waals surface area contributed by atoms with Crippen LogP contribution in [0.5, 0.6) is 0 Å². The van der Waals surface area contributed by atoms with Crippen molar-refractivity contribution in [3.8, 4) is 0 Å². The highest BCUT2D eigenvalue weighted by Crippen LogP contribution is 2.22. The molecule has 152 valence electrons. The summed E-state index contributed by atoms with van der Waals surface area (Å²) in [6.45, 7) is 6.39. The Morgan fingerprint density at radius 3 is 2.29 bits per heavy atom. The van der Waals surface area contributed by atoms with Gasteiger partial charge < -0.3 is 16.2 Å². The number of halogens is 1. The third kappa shape index (κ3) is 6.49. The topological polar surface area (TPSA) is 136 Å². The second-order valence-electron chi connectivity index (χ2n) is 7.46. The van der Waals surface area contributed by atoms with Crippen molar-refractivity contribution in [3.63, 3.8) is 0 Å². The van der Waals surface area contributed by atoms with E-state index < -0.39 is 29.6 Å². The number of hydrogen-bond acceptors (Lipinski definition) is 6. The van der Waals surface area contributed by atoms with E-state index in [-0.39, 0.29) is 27.6 Å². The molecule has 0 saturated heterocycles. The van der Waals surface area contributed by atoms with Gasteiger partial charge in [0.25, 0.3) is 0 Å². The molecule has 0 saturated carbocycles. The van der Waals surface area contributed by atoms with Gasteiger partial charge in [0.2, 0.25) is 5.78 Å². The standard InChI is InChI=1S/C20H26ClN3O4/c1-11(22)17(18(23)24)19(27)28-10-15(25)13-9-12(5-7-14(13)21)6-8-16(26)20(2,3)4/h5,7,9H,6,8,10,22H2,1-4H3,(H3,23,24). The molecule has 0 aliphatic rings. The van der Waals surface area contributed by atoms with E-state index in [4.69, 9.17) is 33.2 Å². The van der Waals surface area contributed by atoms with Gasteiger partial charge in [0.05, 0.1) is 5.02 Å². The second-order valence-corrected chi connectivity index (χ2v) is 7.87. The molecule has 5 N–H and O–H groups in total. The Hall–Kier alpha value is -2.67. The molecule has 0 heterocycles. The van der Waals surface area contributed by atoms with Gasteiger partial charge in [-0.15, -0.1) is 0 Å². The number of ether oxygens (including phenoxy) is 1. The van der Waals surface area contributed by atoms with Crippen LogP contribution >= 0.6 is 11.6 Å². The Labute approximate surface area is 169 Å². The highest BCUT2D eigenvalue weighted by Gasteiger charge is 2.22. The first-order valence-corrected chi connectivity index (χ1v) is 9.05. The molecule has 1 rings (SSSR count). The summed E-state index contributed by atoms with van der Waals surface area (Å²) < 4.78 is 4.92. The van der Waals surface area contributed by atoms with E-state index in [0.29, 0.717) is 12.8 Å². The van der Waals surface area contributed by atoms with Crippen molar-refractivity contribution in [2.75, 3.05) is 6.61 Å². The third-order valence-electron chi connectivity index (χ3n) is 4.01. The largest absolute Gasteiger partial charge is 0.454 e. The maximum atomic E-state index is 12.4. The fraction of sp³-hybridized carbons (Fsp3) is 0.400. The number of aryl methyl sites for hydroxylation is 1. The molecule has 1 aromatic carbocycles. The van der Waals surface area contributed by atoms with Gasteiger partial charge in [-0.2, -0.15) is 0 Å². The summed E-state index contributed by atoms with van der Waals surface area (Å²) in [7, 11) is 0. The van der Waals surface area contributed by atoms with Crippen molar-refractivity contribution < 1.29 is 19.1 Å². The first-order chi connectivity index (χ1) is 12.8. The van der Waals surface area contributed by atoms with E-state index in [1.807, 2.05) is 20.8 Å². The molecule has 0 spiro atoms. The van der Waals surface area contributed by atoms with Gasteiger partial charge in [0.15, 0.2) is 6.61 Å².